The van der Waals surface area contributed by atoms with Gasteiger partial charge in [0.05, 0.1) is 0 Å². The zero-order valence-corrected chi connectivity index (χ0v) is 16.4. The summed E-state index contributed by atoms with van der Waals surface area (Å²) in [5.41, 5.74) is 2.45. The lowest BCUT2D eigenvalue weighted by molar-refractivity contribution is 0.00473. The summed E-state index contributed by atoms with van der Waals surface area (Å²) in [5.74, 6) is 2.68. The Morgan fingerprint density at radius 3 is 2.28 bits per heavy atom. The molecule has 0 radical (unpaired) electrons. The van der Waals surface area contributed by atoms with Gasteiger partial charge >= 0.3 is 6.09 Å². The molecule has 4 nitrogen and oxygen atoms in total. The predicted molar refractivity (Wildman–Crippen MR) is 111 cm³/mol. The Morgan fingerprint density at radius 1 is 1.00 bits per heavy atom. The Hall–Kier alpha value is -3.06. The number of fused-ring (bicyclic) bond motifs is 2. The van der Waals surface area contributed by atoms with Crippen LogP contribution >= 0.6 is 0 Å². The number of piperidine rings is 2. The smallest absolute Gasteiger partial charge is 0.410 e. The van der Waals surface area contributed by atoms with Gasteiger partial charge in [0.2, 0.25) is 0 Å². The van der Waals surface area contributed by atoms with Gasteiger partial charge in [0, 0.05) is 29.1 Å². The van der Waals surface area contributed by atoms with Crippen molar-refractivity contribution in [1.29, 1.82) is 0 Å². The quantitative estimate of drug-likeness (QED) is 0.558. The third kappa shape index (κ3) is 4.19. The summed E-state index contributed by atoms with van der Waals surface area (Å²) in [6.07, 6.45) is 9.49. The van der Waals surface area contributed by atoms with Gasteiger partial charge in [-0.1, -0.05) is 48.4 Å². The first-order valence-corrected chi connectivity index (χ1v) is 10.3. The third-order valence-corrected chi connectivity index (χ3v) is 6.10. The van der Waals surface area contributed by atoms with E-state index in [4.69, 9.17) is 11.2 Å². The van der Waals surface area contributed by atoms with Crippen LogP contribution in [0.5, 0.6) is 0 Å². The van der Waals surface area contributed by atoms with Crippen molar-refractivity contribution in [3.05, 3.63) is 71.3 Å². The van der Waals surface area contributed by atoms with E-state index < -0.39 is 0 Å². The number of rotatable bonds is 4. The highest BCUT2D eigenvalue weighted by Crippen LogP contribution is 2.38. The van der Waals surface area contributed by atoms with E-state index in [9.17, 15) is 9.59 Å². The second kappa shape index (κ2) is 8.53. The van der Waals surface area contributed by atoms with Crippen molar-refractivity contribution in [1.82, 2.24) is 4.90 Å². The van der Waals surface area contributed by atoms with Crippen molar-refractivity contribution in [2.45, 2.75) is 50.8 Å². The maximum Gasteiger partial charge on any atom is 0.410 e. The Balaban J connectivity index is 1.42. The molecule has 0 spiro atoms. The topological polar surface area (TPSA) is 46.6 Å². The van der Waals surface area contributed by atoms with Crippen LogP contribution in [-0.4, -0.2) is 28.9 Å². The van der Waals surface area contributed by atoms with Gasteiger partial charge in [-0.25, -0.2) is 4.79 Å². The van der Waals surface area contributed by atoms with E-state index in [1.807, 2.05) is 59.5 Å². The van der Waals surface area contributed by atoms with Crippen LogP contribution in [0.2, 0.25) is 0 Å². The first kappa shape index (κ1) is 19.3. The first-order valence-electron chi connectivity index (χ1n) is 10.3. The third-order valence-electron chi connectivity index (χ3n) is 6.10. The number of hydrogen-bond acceptors (Lipinski definition) is 3. The summed E-state index contributed by atoms with van der Waals surface area (Å²) < 4.78 is 5.59. The average molecular weight is 387 g/mol. The number of terminal acetylenes is 1. The number of ether oxygens (including phenoxy) is 1. The van der Waals surface area contributed by atoms with Crippen molar-refractivity contribution in [2.75, 3.05) is 0 Å². The lowest BCUT2D eigenvalue weighted by atomic mass is 9.76. The molecule has 0 aromatic heterocycles. The lowest BCUT2D eigenvalue weighted by Crippen LogP contribution is -2.55. The summed E-state index contributed by atoms with van der Waals surface area (Å²) in [4.78, 5) is 27.7. The highest BCUT2D eigenvalue weighted by Gasteiger charge is 2.43. The molecule has 148 valence electrons. The van der Waals surface area contributed by atoms with Crippen LogP contribution in [0.15, 0.2) is 54.6 Å². The minimum Gasteiger partial charge on any atom is -0.445 e. The number of hydrogen-bond donors (Lipinski definition) is 0. The summed E-state index contributed by atoms with van der Waals surface area (Å²) in [5, 5.41) is 0. The van der Waals surface area contributed by atoms with Crippen LogP contribution in [-0.2, 0) is 11.3 Å². The van der Waals surface area contributed by atoms with Crippen molar-refractivity contribution < 1.29 is 14.3 Å². The van der Waals surface area contributed by atoms with Crippen LogP contribution in [0.1, 0.15) is 53.6 Å². The number of carbonyl (C=O) groups is 2. The van der Waals surface area contributed by atoms with Crippen molar-refractivity contribution >= 4 is 11.9 Å². The molecule has 0 saturated carbocycles. The monoisotopic (exact) mass is 387 g/mol. The second-order valence-electron chi connectivity index (χ2n) is 7.94. The van der Waals surface area contributed by atoms with Crippen LogP contribution in [0.3, 0.4) is 0 Å². The average Bonchev–Trinajstić information content (AvgIpc) is 2.77. The first-order chi connectivity index (χ1) is 14.2. The Morgan fingerprint density at radius 2 is 1.66 bits per heavy atom. The molecule has 2 atom stereocenters. The van der Waals surface area contributed by atoms with Gasteiger partial charge in [-0.3, -0.25) is 4.79 Å². The molecule has 2 aliphatic rings. The molecule has 2 aromatic carbocycles. The van der Waals surface area contributed by atoms with Crippen molar-refractivity contribution in [3.8, 4) is 12.3 Å². The highest BCUT2D eigenvalue weighted by atomic mass is 16.6. The van der Waals surface area contributed by atoms with Gasteiger partial charge in [0.15, 0.2) is 5.78 Å². The summed E-state index contributed by atoms with van der Waals surface area (Å²) >= 11 is 0. The molecule has 2 fully saturated rings. The number of nitrogens with zero attached hydrogens (tertiary/aromatic N) is 1. The molecule has 2 unspecified atom stereocenters. The normalized spacial score (nSPS) is 23.1. The molecule has 1 amide bonds. The molecule has 2 heterocycles. The fourth-order valence-corrected chi connectivity index (χ4v) is 4.65. The molecule has 4 rings (SSSR count). The van der Waals surface area contributed by atoms with Crippen LogP contribution in [0.25, 0.3) is 0 Å². The van der Waals surface area contributed by atoms with E-state index >= 15 is 0 Å². The number of carbonyl (C=O) groups excluding carboxylic acids is 2. The van der Waals surface area contributed by atoms with Crippen LogP contribution < -0.4 is 0 Å². The molecule has 4 heteroatoms. The molecule has 0 aliphatic carbocycles. The number of Topliss-reactive ketones (excluding diaryl/α,β-unsaturated/α-hetero) is 1. The maximum absolute atomic E-state index is 13.0. The van der Waals surface area contributed by atoms with Gasteiger partial charge in [0.25, 0.3) is 0 Å². The van der Waals surface area contributed by atoms with E-state index in [2.05, 4.69) is 5.92 Å². The zero-order valence-electron chi connectivity index (χ0n) is 16.4. The number of amides is 1. The summed E-state index contributed by atoms with van der Waals surface area (Å²) in [6, 6.07) is 17.1. The second-order valence-corrected chi connectivity index (χ2v) is 7.94. The van der Waals surface area contributed by atoms with E-state index in [0.717, 1.165) is 30.4 Å². The molecule has 2 bridgehead atoms. The standard InChI is InChI=1S/C25H25NO3/c1-2-18-11-13-20(14-12-18)24(27)21-15-22-9-6-10-23(16-21)26(22)25(28)29-17-19-7-4-3-5-8-19/h1,3-5,7-8,11-14,21-23H,6,9-10,15-17H2. The maximum atomic E-state index is 13.0. The molecular formula is C25H25NO3. The van der Waals surface area contributed by atoms with Crippen LogP contribution in [0.4, 0.5) is 4.79 Å². The predicted octanol–water partition coefficient (Wildman–Crippen LogP) is 4.82. The van der Waals surface area contributed by atoms with Crippen LogP contribution in [0, 0.1) is 18.3 Å². The van der Waals surface area contributed by atoms with Gasteiger partial charge in [-0.05, 0) is 49.8 Å². The van der Waals surface area contributed by atoms with Gasteiger partial charge in [0.1, 0.15) is 6.61 Å². The fraction of sp³-hybridized carbons (Fsp3) is 0.360. The highest BCUT2D eigenvalue weighted by molar-refractivity contribution is 5.98. The SMILES string of the molecule is C#Cc1ccc(C(=O)C2CC3CCCC(C2)N3C(=O)OCc2ccccc2)cc1. The Kier molecular flexibility index (Phi) is 5.67. The van der Waals surface area contributed by atoms with E-state index in [-0.39, 0.29) is 36.5 Å². The summed E-state index contributed by atoms with van der Waals surface area (Å²) in [7, 11) is 0. The Bertz CT molecular complexity index is 899. The molecule has 2 aromatic rings. The minimum atomic E-state index is -0.257. The molecule has 2 saturated heterocycles. The van der Waals surface area contributed by atoms with Crippen molar-refractivity contribution in [2.24, 2.45) is 5.92 Å². The zero-order chi connectivity index (χ0) is 20.2. The molecule has 2 aliphatic heterocycles. The van der Waals surface area contributed by atoms with E-state index in [1.165, 1.54) is 0 Å². The molecular weight excluding hydrogens is 362 g/mol. The van der Waals surface area contributed by atoms with Gasteiger partial charge in [-0.2, -0.15) is 0 Å². The summed E-state index contributed by atoms with van der Waals surface area (Å²) in [6.45, 7) is 0.277. The Labute approximate surface area is 171 Å². The van der Waals surface area contributed by atoms with Gasteiger partial charge < -0.3 is 9.64 Å². The minimum absolute atomic E-state index is 0.0554. The molecule has 0 N–H and O–H groups in total. The fourth-order valence-electron chi connectivity index (χ4n) is 4.65. The number of ketones is 1. The van der Waals surface area contributed by atoms with Gasteiger partial charge in [-0.15, -0.1) is 6.42 Å². The molecule has 29 heavy (non-hydrogen) atoms. The largest absolute Gasteiger partial charge is 0.445 e. The van der Waals surface area contributed by atoms with E-state index in [1.54, 1.807) is 0 Å². The van der Waals surface area contributed by atoms with Crippen molar-refractivity contribution in [3.63, 3.8) is 0 Å². The lowest BCUT2D eigenvalue weighted by Gasteiger charge is -2.47. The van der Waals surface area contributed by atoms with E-state index in [0.29, 0.717) is 18.4 Å². The number of benzene rings is 2.